The van der Waals surface area contributed by atoms with Gasteiger partial charge in [-0.1, -0.05) is 32.6 Å². The van der Waals surface area contributed by atoms with Crippen molar-refractivity contribution < 1.29 is 22.9 Å². The van der Waals surface area contributed by atoms with Gasteiger partial charge in [0.15, 0.2) is 0 Å². The summed E-state index contributed by atoms with van der Waals surface area (Å²) in [7, 11) is 0. The van der Waals surface area contributed by atoms with Crippen LogP contribution in [0.25, 0.3) is 0 Å². The number of halogens is 3. The monoisotopic (exact) mass is 472 g/mol. The first-order valence-corrected chi connectivity index (χ1v) is 12.2. The van der Waals surface area contributed by atoms with Crippen LogP contribution < -0.4 is 0 Å². The van der Waals surface area contributed by atoms with E-state index in [2.05, 4.69) is 0 Å². The van der Waals surface area contributed by atoms with Crippen molar-refractivity contribution in [3.8, 4) is 0 Å². The Morgan fingerprint density at radius 3 is 2.28 bits per heavy atom. The number of nitro groups is 1. The fourth-order valence-electron chi connectivity index (χ4n) is 4.86. The third-order valence-electron chi connectivity index (χ3n) is 6.83. The average Bonchev–Trinajstić information content (AvgIpc) is 2.70. The molecule has 1 amide bonds. The molecule has 0 atom stereocenters. The van der Waals surface area contributed by atoms with Gasteiger partial charge < -0.3 is 4.90 Å². The number of carbonyl (C=O) groups is 1. The van der Waals surface area contributed by atoms with Crippen molar-refractivity contribution in [2.45, 2.75) is 106 Å². The number of carbonyl (C=O) groups excluding carboxylic acids is 1. The number of hydrogen-bond donors (Lipinski definition) is 0. The number of nitro benzene ring substituents is 1. The second kappa shape index (κ2) is 9.61. The summed E-state index contributed by atoms with van der Waals surface area (Å²) in [4.78, 5) is 26.1. The molecule has 1 aromatic carbocycles. The van der Waals surface area contributed by atoms with Crippen molar-refractivity contribution in [2.24, 2.45) is 0 Å². The average molecular weight is 473 g/mol. The zero-order valence-corrected chi connectivity index (χ0v) is 19.7. The predicted molar refractivity (Wildman–Crippen MR) is 119 cm³/mol. The van der Waals surface area contributed by atoms with Crippen LogP contribution in [0.15, 0.2) is 17.0 Å². The van der Waals surface area contributed by atoms with Crippen molar-refractivity contribution >= 4 is 23.4 Å². The topological polar surface area (TPSA) is 63.5 Å². The van der Waals surface area contributed by atoms with E-state index in [4.69, 9.17) is 0 Å². The maximum atomic E-state index is 14.1. The molecule has 0 N–H and O–H groups in total. The highest BCUT2D eigenvalue weighted by Crippen LogP contribution is 2.53. The molecule has 0 aliphatic heterocycles. The second-order valence-corrected chi connectivity index (χ2v) is 10.7. The third-order valence-corrected chi connectivity index (χ3v) is 8.50. The van der Waals surface area contributed by atoms with Gasteiger partial charge in [-0.3, -0.25) is 14.9 Å². The standard InChI is InChI=1S/C23H31F3N2O3S/c1-4-22(11-8-12-22)32-20-14-18(23(24,25)26)17(13-19(20)28(30)31)21(29)27(15(2)3)16-9-6-5-7-10-16/h13-16H,4-12H2,1-3H3. The first-order chi connectivity index (χ1) is 15.0. The minimum Gasteiger partial charge on any atom is -0.333 e. The van der Waals surface area contributed by atoms with Crippen LogP contribution in [-0.4, -0.2) is 32.6 Å². The zero-order valence-electron chi connectivity index (χ0n) is 18.8. The maximum absolute atomic E-state index is 14.1. The Morgan fingerprint density at radius 1 is 1.22 bits per heavy atom. The van der Waals surface area contributed by atoms with E-state index in [1.54, 1.807) is 13.8 Å². The lowest BCUT2D eigenvalue weighted by Crippen LogP contribution is -2.46. The van der Waals surface area contributed by atoms with Crippen molar-refractivity contribution in [1.82, 2.24) is 4.90 Å². The van der Waals surface area contributed by atoms with E-state index in [0.29, 0.717) is 0 Å². The van der Waals surface area contributed by atoms with Gasteiger partial charge in [0.05, 0.1) is 20.9 Å². The quantitative estimate of drug-likeness (QED) is 0.310. The van der Waals surface area contributed by atoms with Crippen LogP contribution in [0.1, 0.15) is 94.5 Å². The van der Waals surface area contributed by atoms with Gasteiger partial charge in [-0.2, -0.15) is 13.2 Å². The third kappa shape index (κ3) is 5.07. The van der Waals surface area contributed by atoms with E-state index in [-0.39, 0.29) is 21.7 Å². The Morgan fingerprint density at radius 2 is 1.84 bits per heavy atom. The SMILES string of the molecule is CCC1(Sc2cc(C(F)(F)F)c(C(=O)N(C(C)C)C3CCCCC3)cc2[N+](=O)[O-])CCC1. The highest BCUT2D eigenvalue weighted by Gasteiger charge is 2.43. The maximum Gasteiger partial charge on any atom is 0.417 e. The largest absolute Gasteiger partial charge is 0.417 e. The molecule has 0 radical (unpaired) electrons. The van der Waals surface area contributed by atoms with Gasteiger partial charge in [0, 0.05) is 22.9 Å². The second-order valence-electron chi connectivity index (χ2n) is 9.21. The molecule has 2 aliphatic rings. The van der Waals surface area contributed by atoms with E-state index in [9.17, 15) is 28.1 Å². The molecule has 2 saturated carbocycles. The number of thioether (sulfide) groups is 1. The predicted octanol–water partition coefficient (Wildman–Crippen LogP) is 7.22. The van der Waals surface area contributed by atoms with Crippen LogP contribution in [0.4, 0.5) is 18.9 Å². The van der Waals surface area contributed by atoms with Crippen LogP contribution in [0.5, 0.6) is 0 Å². The molecular weight excluding hydrogens is 441 g/mol. The van der Waals surface area contributed by atoms with Crippen molar-refractivity contribution in [3.05, 3.63) is 33.4 Å². The molecule has 5 nitrogen and oxygen atoms in total. The molecule has 0 spiro atoms. The van der Waals surface area contributed by atoms with E-state index in [1.807, 2.05) is 6.92 Å². The van der Waals surface area contributed by atoms with Crippen LogP contribution >= 0.6 is 11.8 Å². The van der Waals surface area contributed by atoms with E-state index in [0.717, 1.165) is 81.7 Å². The first kappa shape index (κ1) is 24.9. The van der Waals surface area contributed by atoms with Gasteiger partial charge in [-0.15, -0.1) is 11.8 Å². The molecule has 0 bridgehead atoms. The van der Waals surface area contributed by atoms with Crippen LogP contribution in [0, 0.1) is 10.1 Å². The Bertz CT molecular complexity index is 857. The summed E-state index contributed by atoms with van der Waals surface area (Å²) >= 11 is 1.16. The smallest absolute Gasteiger partial charge is 0.333 e. The summed E-state index contributed by atoms with van der Waals surface area (Å²) in [6.45, 7) is 5.51. The Balaban J connectivity index is 2.10. The molecule has 0 heterocycles. The molecule has 0 aromatic heterocycles. The molecule has 2 fully saturated rings. The zero-order chi connectivity index (χ0) is 23.7. The molecular formula is C23H31F3N2O3S. The van der Waals surface area contributed by atoms with Gasteiger partial charge in [0.2, 0.25) is 0 Å². The van der Waals surface area contributed by atoms with Crippen molar-refractivity contribution in [3.63, 3.8) is 0 Å². The van der Waals surface area contributed by atoms with Crippen molar-refractivity contribution in [2.75, 3.05) is 0 Å². The Kier molecular flexibility index (Phi) is 7.47. The molecule has 0 saturated heterocycles. The summed E-state index contributed by atoms with van der Waals surface area (Å²) in [5, 5.41) is 11.8. The highest BCUT2D eigenvalue weighted by molar-refractivity contribution is 8.00. The van der Waals surface area contributed by atoms with E-state index in [1.165, 1.54) is 4.90 Å². The fourth-order valence-corrected chi connectivity index (χ4v) is 6.38. The fraction of sp³-hybridized carbons (Fsp3) is 0.696. The normalized spacial score (nSPS) is 19.0. The van der Waals surface area contributed by atoms with Crippen LogP contribution in [0.3, 0.4) is 0 Å². The number of nitrogens with zero attached hydrogens (tertiary/aromatic N) is 2. The number of alkyl halides is 3. The molecule has 178 valence electrons. The molecule has 2 aliphatic carbocycles. The van der Waals surface area contributed by atoms with E-state index < -0.39 is 33.8 Å². The minimum atomic E-state index is -4.79. The Hall–Kier alpha value is -1.77. The van der Waals surface area contributed by atoms with E-state index >= 15 is 0 Å². The van der Waals surface area contributed by atoms with Gasteiger partial charge in [0.25, 0.3) is 11.6 Å². The van der Waals surface area contributed by atoms with Gasteiger partial charge >= 0.3 is 6.18 Å². The lowest BCUT2D eigenvalue weighted by atomic mass is 9.82. The summed E-state index contributed by atoms with van der Waals surface area (Å²) < 4.78 is 42.0. The summed E-state index contributed by atoms with van der Waals surface area (Å²) in [6, 6.07) is 1.25. The molecule has 3 rings (SSSR count). The molecule has 0 unspecified atom stereocenters. The van der Waals surface area contributed by atoms with Gasteiger partial charge in [-0.05, 0) is 52.0 Å². The summed E-state index contributed by atoms with van der Waals surface area (Å²) in [5.74, 6) is -0.771. The number of hydrogen-bond acceptors (Lipinski definition) is 4. The number of amides is 1. The molecule has 9 heteroatoms. The summed E-state index contributed by atoms with van der Waals surface area (Å²) in [5.41, 5.74) is -2.12. The minimum absolute atomic E-state index is 0.00538. The lowest BCUT2D eigenvalue weighted by molar-refractivity contribution is -0.387. The molecule has 32 heavy (non-hydrogen) atoms. The van der Waals surface area contributed by atoms with Gasteiger partial charge in [0.1, 0.15) is 0 Å². The van der Waals surface area contributed by atoms with Crippen LogP contribution in [0.2, 0.25) is 0 Å². The van der Waals surface area contributed by atoms with Crippen LogP contribution in [-0.2, 0) is 6.18 Å². The number of rotatable bonds is 7. The number of benzene rings is 1. The van der Waals surface area contributed by atoms with Crippen molar-refractivity contribution in [1.29, 1.82) is 0 Å². The Labute approximate surface area is 191 Å². The highest BCUT2D eigenvalue weighted by atomic mass is 32.2. The lowest BCUT2D eigenvalue weighted by Gasteiger charge is -2.40. The first-order valence-electron chi connectivity index (χ1n) is 11.4. The summed E-state index contributed by atoms with van der Waals surface area (Å²) in [6.07, 6.45) is 2.88. The molecule has 1 aromatic rings. The van der Waals surface area contributed by atoms with Gasteiger partial charge in [-0.25, -0.2) is 0 Å².